The summed E-state index contributed by atoms with van der Waals surface area (Å²) in [7, 11) is 1.57. The Bertz CT molecular complexity index is 1060. The van der Waals surface area contributed by atoms with Gasteiger partial charge in [-0.1, -0.05) is 12.1 Å². The number of rotatable bonds is 4. The van der Waals surface area contributed by atoms with Gasteiger partial charge in [-0.15, -0.1) is 11.3 Å². The van der Waals surface area contributed by atoms with E-state index in [0.29, 0.717) is 15.8 Å². The Balaban J connectivity index is 1.54. The van der Waals surface area contributed by atoms with Gasteiger partial charge >= 0.3 is 0 Å². The number of nitrogens with one attached hydrogen (secondary N) is 1. The maximum Gasteiger partial charge on any atom is 0.256 e. The fraction of sp³-hybridized carbons (Fsp3) is 0.0526. The Morgan fingerprint density at radius 1 is 1.23 bits per heavy atom. The number of halogens is 1. The van der Waals surface area contributed by atoms with Crippen LogP contribution in [-0.2, 0) is 0 Å². The smallest absolute Gasteiger partial charge is 0.256 e. The van der Waals surface area contributed by atoms with E-state index in [2.05, 4.69) is 26.2 Å². The van der Waals surface area contributed by atoms with Gasteiger partial charge in [0.25, 0.3) is 5.91 Å². The van der Waals surface area contributed by atoms with Crippen molar-refractivity contribution in [3.05, 3.63) is 70.3 Å². The Labute approximate surface area is 162 Å². The number of aromatic nitrogens is 2. The van der Waals surface area contributed by atoms with Crippen LogP contribution in [-0.4, -0.2) is 22.4 Å². The first-order chi connectivity index (χ1) is 12.6. The van der Waals surface area contributed by atoms with Crippen molar-refractivity contribution in [3.8, 4) is 17.0 Å². The van der Waals surface area contributed by atoms with Gasteiger partial charge in [0.15, 0.2) is 4.96 Å². The van der Waals surface area contributed by atoms with Gasteiger partial charge in [-0.3, -0.25) is 9.20 Å². The SMILES string of the molecule is COc1ccc(Br)c(C(=O)Nc2ccc(-c3cn4ccsc4n3)cc2)c1. The summed E-state index contributed by atoms with van der Waals surface area (Å²) < 4.78 is 7.89. The quantitative estimate of drug-likeness (QED) is 0.493. The Morgan fingerprint density at radius 2 is 2.04 bits per heavy atom. The number of imidazole rings is 1. The van der Waals surface area contributed by atoms with Crippen molar-refractivity contribution in [2.45, 2.75) is 0 Å². The third-order valence-electron chi connectivity index (χ3n) is 3.95. The number of amides is 1. The van der Waals surface area contributed by atoms with E-state index in [4.69, 9.17) is 4.74 Å². The number of methoxy groups -OCH3 is 1. The van der Waals surface area contributed by atoms with Gasteiger partial charge < -0.3 is 10.1 Å². The van der Waals surface area contributed by atoms with Crippen LogP contribution in [0.1, 0.15) is 10.4 Å². The molecule has 0 aliphatic rings. The van der Waals surface area contributed by atoms with Gasteiger partial charge in [0, 0.05) is 33.5 Å². The molecule has 2 heterocycles. The molecule has 26 heavy (non-hydrogen) atoms. The van der Waals surface area contributed by atoms with E-state index >= 15 is 0 Å². The monoisotopic (exact) mass is 427 g/mol. The van der Waals surface area contributed by atoms with Gasteiger partial charge in [-0.05, 0) is 46.3 Å². The normalized spacial score (nSPS) is 10.8. The first-order valence-electron chi connectivity index (χ1n) is 7.81. The molecule has 0 unspecified atom stereocenters. The van der Waals surface area contributed by atoms with Crippen LogP contribution in [0.25, 0.3) is 16.2 Å². The second-order valence-electron chi connectivity index (χ2n) is 5.60. The Hall–Kier alpha value is -2.64. The second-order valence-corrected chi connectivity index (χ2v) is 7.32. The molecular weight excluding hydrogens is 414 g/mol. The van der Waals surface area contributed by atoms with Crippen molar-refractivity contribution in [1.29, 1.82) is 0 Å². The van der Waals surface area contributed by atoms with Crippen molar-refractivity contribution in [2.75, 3.05) is 12.4 Å². The van der Waals surface area contributed by atoms with Crippen LogP contribution in [0, 0.1) is 0 Å². The van der Waals surface area contributed by atoms with E-state index in [1.54, 1.807) is 36.6 Å². The van der Waals surface area contributed by atoms with Gasteiger partial charge in [0.1, 0.15) is 5.75 Å². The minimum atomic E-state index is -0.203. The summed E-state index contributed by atoms with van der Waals surface area (Å²) >= 11 is 5.00. The molecule has 1 N–H and O–H groups in total. The number of carbonyl (C=O) groups excluding carboxylic acids is 1. The fourth-order valence-corrected chi connectivity index (χ4v) is 3.72. The first kappa shape index (κ1) is 16.8. The van der Waals surface area contributed by atoms with Crippen molar-refractivity contribution in [1.82, 2.24) is 9.38 Å². The molecule has 5 nitrogen and oxygen atoms in total. The summed E-state index contributed by atoms with van der Waals surface area (Å²) in [6, 6.07) is 12.9. The summed E-state index contributed by atoms with van der Waals surface area (Å²) in [5.41, 5.74) is 3.14. The van der Waals surface area contributed by atoms with Crippen LogP contribution in [0.5, 0.6) is 5.75 Å². The molecule has 0 radical (unpaired) electrons. The first-order valence-corrected chi connectivity index (χ1v) is 9.49. The number of ether oxygens (including phenoxy) is 1. The zero-order chi connectivity index (χ0) is 18.1. The molecule has 0 aliphatic heterocycles. The average molecular weight is 428 g/mol. The number of nitrogens with zero attached hydrogens (tertiary/aromatic N) is 2. The molecule has 0 bridgehead atoms. The summed E-state index contributed by atoms with van der Waals surface area (Å²) in [5, 5.41) is 4.90. The highest BCUT2D eigenvalue weighted by Crippen LogP contribution is 2.25. The zero-order valence-corrected chi connectivity index (χ0v) is 16.2. The van der Waals surface area contributed by atoms with Gasteiger partial charge in [-0.25, -0.2) is 4.98 Å². The third-order valence-corrected chi connectivity index (χ3v) is 5.41. The lowest BCUT2D eigenvalue weighted by Gasteiger charge is -2.09. The number of hydrogen-bond acceptors (Lipinski definition) is 4. The molecule has 0 saturated carbocycles. The summed E-state index contributed by atoms with van der Waals surface area (Å²) in [6.45, 7) is 0. The maximum absolute atomic E-state index is 12.5. The fourth-order valence-electron chi connectivity index (χ4n) is 2.59. The topological polar surface area (TPSA) is 55.6 Å². The maximum atomic E-state index is 12.5. The van der Waals surface area contributed by atoms with E-state index in [1.807, 2.05) is 46.4 Å². The molecule has 0 fully saturated rings. The minimum absolute atomic E-state index is 0.203. The predicted molar refractivity (Wildman–Crippen MR) is 107 cm³/mol. The van der Waals surface area contributed by atoms with Crippen LogP contribution in [0.3, 0.4) is 0 Å². The second kappa shape index (κ2) is 6.93. The molecule has 4 rings (SSSR count). The zero-order valence-electron chi connectivity index (χ0n) is 13.8. The Kier molecular flexibility index (Phi) is 4.48. The Morgan fingerprint density at radius 3 is 2.77 bits per heavy atom. The van der Waals surface area contributed by atoms with E-state index in [0.717, 1.165) is 21.9 Å². The predicted octanol–water partition coefficient (Wildman–Crippen LogP) is 5.09. The van der Waals surface area contributed by atoms with E-state index in [-0.39, 0.29) is 5.91 Å². The van der Waals surface area contributed by atoms with Crippen LogP contribution in [0.2, 0.25) is 0 Å². The molecule has 4 aromatic rings. The van der Waals surface area contributed by atoms with E-state index in [1.165, 1.54) is 0 Å². The molecule has 130 valence electrons. The highest BCUT2D eigenvalue weighted by atomic mass is 79.9. The van der Waals surface area contributed by atoms with Crippen molar-refractivity contribution < 1.29 is 9.53 Å². The molecule has 0 spiro atoms. The lowest BCUT2D eigenvalue weighted by atomic mass is 10.1. The average Bonchev–Trinajstić information content (AvgIpc) is 3.25. The number of hydrogen-bond donors (Lipinski definition) is 1. The van der Waals surface area contributed by atoms with Crippen molar-refractivity contribution in [2.24, 2.45) is 0 Å². The largest absolute Gasteiger partial charge is 0.497 e. The van der Waals surface area contributed by atoms with Gasteiger partial charge in [0.2, 0.25) is 0 Å². The van der Waals surface area contributed by atoms with Crippen LogP contribution < -0.4 is 10.1 Å². The highest BCUT2D eigenvalue weighted by Gasteiger charge is 2.12. The molecule has 0 aliphatic carbocycles. The lowest BCUT2D eigenvalue weighted by molar-refractivity contribution is 0.102. The molecule has 7 heteroatoms. The van der Waals surface area contributed by atoms with Crippen LogP contribution in [0.4, 0.5) is 5.69 Å². The van der Waals surface area contributed by atoms with Gasteiger partial charge in [0.05, 0.1) is 18.4 Å². The standard InChI is InChI=1S/C19H14BrN3O2S/c1-25-14-6-7-16(20)15(10-14)18(24)21-13-4-2-12(3-5-13)17-11-23-8-9-26-19(23)22-17/h2-11H,1H3,(H,21,24). The van der Waals surface area contributed by atoms with Crippen molar-refractivity contribution >= 4 is 43.8 Å². The number of fused-ring (bicyclic) bond motifs is 1. The molecule has 2 aromatic carbocycles. The summed E-state index contributed by atoms with van der Waals surface area (Å²) in [5.74, 6) is 0.430. The molecule has 0 atom stereocenters. The van der Waals surface area contributed by atoms with Crippen molar-refractivity contribution in [3.63, 3.8) is 0 Å². The van der Waals surface area contributed by atoms with E-state index < -0.39 is 0 Å². The molecule has 0 saturated heterocycles. The van der Waals surface area contributed by atoms with E-state index in [9.17, 15) is 4.79 Å². The summed E-state index contributed by atoms with van der Waals surface area (Å²) in [4.78, 5) is 18.1. The molecule has 1 amide bonds. The van der Waals surface area contributed by atoms with Gasteiger partial charge in [-0.2, -0.15) is 0 Å². The van der Waals surface area contributed by atoms with Crippen LogP contribution >= 0.6 is 27.3 Å². The lowest BCUT2D eigenvalue weighted by Crippen LogP contribution is -2.12. The minimum Gasteiger partial charge on any atom is -0.497 e. The number of anilines is 1. The number of thiazole rings is 1. The summed E-state index contributed by atoms with van der Waals surface area (Å²) in [6.07, 6.45) is 3.98. The number of benzene rings is 2. The molecule has 2 aromatic heterocycles. The highest BCUT2D eigenvalue weighted by molar-refractivity contribution is 9.10. The molecular formula is C19H14BrN3O2S. The van der Waals surface area contributed by atoms with Crippen LogP contribution in [0.15, 0.2) is 64.7 Å². The number of carbonyl (C=O) groups is 1. The third kappa shape index (κ3) is 3.23.